The third kappa shape index (κ3) is 3.22. The average Bonchev–Trinajstić information content (AvgIpc) is 2.65. The van der Waals surface area contributed by atoms with Crippen LogP contribution < -0.4 is 10.6 Å². The molecular formula is C15H25N3. The van der Waals surface area contributed by atoms with Gasteiger partial charge in [0.15, 0.2) is 0 Å². The second-order valence-electron chi connectivity index (χ2n) is 5.44. The van der Waals surface area contributed by atoms with Crippen LogP contribution in [0.1, 0.15) is 49.8 Å². The molecule has 3 heteroatoms. The number of hydrogen-bond donors (Lipinski definition) is 1. The number of nitrogens with two attached hydrogens (primary N) is 1. The van der Waals surface area contributed by atoms with E-state index in [4.69, 9.17) is 5.73 Å². The molecule has 1 aliphatic carbocycles. The van der Waals surface area contributed by atoms with Crippen molar-refractivity contribution in [2.45, 2.75) is 58.0 Å². The maximum absolute atomic E-state index is 5.74. The van der Waals surface area contributed by atoms with Crippen LogP contribution in [0.5, 0.6) is 0 Å². The fourth-order valence-corrected chi connectivity index (χ4v) is 2.85. The molecule has 1 aromatic heterocycles. The number of nitrogens with zero attached hydrogens (tertiary/aromatic N) is 2. The van der Waals surface area contributed by atoms with Crippen LogP contribution in [0.3, 0.4) is 0 Å². The van der Waals surface area contributed by atoms with Gasteiger partial charge in [0, 0.05) is 25.3 Å². The van der Waals surface area contributed by atoms with Crippen molar-refractivity contribution in [1.82, 2.24) is 4.98 Å². The van der Waals surface area contributed by atoms with E-state index in [9.17, 15) is 0 Å². The maximum atomic E-state index is 5.74. The number of rotatable bonds is 3. The van der Waals surface area contributed by atoms with Crippen LogP contribution >= 0.6 is 0 Å². The van der Waals surface area contributed by atoms with E-state index in [1.165, 1.54) is 44.1 Å². The number of hydrogen-bond acceptors (Lipinski definition) is 3. The Morgan fingerprint density at radius 3 is 2.50 bits per heavy atom. The SMILES string of the molecule is Cc1cc(CN)cc(N(C)C2CCCCCC2)n1. The molecule has 1 aliphatic rings. The van der Waals surface area contributed by atoms with E-state index in [0.717, 1.165) is 11.5 Å². The summed E-state index contributed by atoms with van der Waals surface area (Å²) in [4.78, 5) is 7.02. The van der Waals surface area contributed by atoms with Gasteiger partial charge in [-0.25, -0.2) is 4.98 Å². The van der Waals surface area contributed by atoms with Crippen molar-refractivity contribution in [3.8, 4) is 0 Å². The highest BCUT2D eigenvalue weighted by Gasteiger charge is 2.18. The fraction of sp³-hybridized carbons (Fsp3) is 0.667. The van der Waals surface area contributed by atoms with Gasteiger partial charge in [0.05, 0.1) is 0 Å². The molecule has 0 unspecified atom stereocenters. The molecule has 0 amide bonds. The summed E-state index contributed by atoms with van der Waals surface area (Å²) >= 11 is 0. The number of aromatic nitrogens is 1. The quantitative estimate of drug-likeness (QED) is 0.835. The largest absolute Gasteiger partial charge is 0.357 e. The molecule has 1 aromatic rings. The lowest BCUT2D eigenvalue weighted by molar-refractivity contribution is 0.548. The van der Waals surface area contributed by atoms with Crippen LogP contribution in [0.4, 0.5) is 5.82 Å². The summed E-state index contributed by atoms with van der Waals surface area (Å²) < 4.78 is 0. The normalized spacial score (nSPS) is 17.5. The first-order valence-electron chi connectivity index (χ1n) is 7.11. The van der Waals surface area contributed by atoms with E-state index in [1.54, 1.807) is 0 Å². The van der Waals surface area contributed by atoms with Gasteiger partial charge in [0.1, 0.15) is 5.82 Å². The Balaban J connectivity index is 2.15. The molecule has 0 aliphatic heterocycles. The lowest BCUT2D eigenvalue weighted by Gasteiger charge is -2.28. The summed E-state index contributed by atoms with van der Waals surface area (Å²) in [6, 6.07) is 4.86. The van der Waals surface area contributed by atoms with Gasteiger partial charge in [-0.3, -0.25) is 0 Å². The monoisotopic (exact) mass is 247 g/mol. The van der Waals surface area contributed by atoms with Gasteiger partial charge >= 0.3 is 0 Å². The number of pyridine rings is 1. The predicted molar refractivity (Wildman–Crippen MR) is 76.8 cm³/mol. The van der Waals surface area contributed by atoms with Gasteiger partial charge in [-0.15, -0.1) is 0 Å². The lowest BCUT2D eigenvalue weighted by Crippen LogP contribution is -2.32. The predicted octanol–water partition coefficient (Wildman–Crippen LogP) is 3.01. The van der Waals surface area contributed by atoms with Crippen LogP contribution in [0.25, 0.3) is 0 Å². The van der Waals surface area contributed by atoms with E-state index >= 15 is 0 Å². The first-order valence-corrected chi connectivity index (χ1v) is 7.11. The molecule has 1 fully saturated rings. The summed E-state index contributed by atoms with van der Waals surface area (Å²) in [5.41, 5.74) is 7.99. The zero-order chi connectivity index (χ0) is 13.0. The molecule has 0 aromatic carbocycles. The van der Waals surface area contributed by atoms with Crippen molar-refractivity contribution < 1.29 is 0 Å². The summed E-state index contributed by atoms with van der Waals surface area (Å²) in [6.45, 7) is 2.64. The lowest BCUT2D eigenvalue weighted by atomic mass is 10.1. The number of aryl methyl sites for hydroxylation is 1. The molecule has 0 saturated heterocycles. The third-order valence-corrected chi connectivity index (χ3v) is 3.97. The van der Waals surface area contributed by atoms with Gasteiger partial charge in [0.25, 0.3) is 0 Å². The molecule has 1 heterocycles. The van der Waals surface area contributed by atoms with Gasteiger partial charge < -0.3 is 10.6 Å². The second kappa shape index (κ2) is 6.19. The van der Waals surface area contributed by atoms with Crippen molar-refractivity contribution in [3.05, 3.63) is 23.4 Å². The van der Waals surface area contributed by atoms with Gasteiger partial charge in [0.2, 0.25) is 0 Å². The van der Waals surface area contributed by atoms with Gasteiger partial charge in [-0.2, -0.15) is 0 Å². The first-order chi connectivity index (χ1) is 8.70. The minimum absolute atomic E-state index is 0.592. The second-order valence-corrected chi connectivity index (χ2v) is 5.44. The van der Waals surface area contributed by atoms with Crippen LogP contribution in [-0.4, -0.2) is 18.1 Å². The molecule has 100 valence electrons. The van der Waals surface area contributed by atoms with E-state index in [2.05, 4.69) is 29.1 Å². The fourth-order valence-electron chi connectivity index (χ4n) is 2.85. The Hall–Kier alpha value is -1.09. The van der Waals surface area contributed by atoms with Crippen molar-refractivity contribution in [2.24, 2.45) is 5.73 Å². The molecule has 0 spiro atoms. The average molecular weight is 247 g/mol. The molecule has 0 atom stereocenters. The van der Waals surface area contributed by atoms with Gasteiger partial charge in [-0.05, 0) is 37.5 Å². The molecule has 2 rings (SSSR count). The highest BCUT2D eigenvalue weighted by atomic mass is 15.2. The van der Waals surface area contributed by atoms with Crippen molar-refractivity contribution >= 4 is 5.82 Å². The van der Waals surface area contributed by atoms with E-state index in [1.807, 2.05) is 6.92 Å². The highest BCUT2D eigenvalue weighted by molar-refractivity contribution is 5.43. The maximum Gasteiger partial charge on any atom is 0.129 e. The number of anilines is 1. The Labute approximate surface area is 110 Å². The minimum atomic E-state index is 0.592. The summed E-state index contributed by atoms with van der Waals surface area (Å²) in [5, 5.41) is 0. The van der Waals surface area contributed by atoms with E-state index in [0.29, 0.717) is 12.6 Å². The van der Waals surface area contributed by atoms with E-state index in [-0.39, 0.29) is 0 Å². The smallest absolute Gasteiger partial charge is 0.129 e. The Morgan fingerprint density at radius 1 is 1.22 bits per heavy atom. The molecule has 0 bridgehead atoms. The molecule has 2 N–H and O–H groups in total. The Morgan fingerprint density at radius 2 is 1.89 bits per heavy atom. The van der Waals surface area contributed by atoms with Crippen LogP contribution in [0.2, 0.25) is 0 Å². The van der Waals surface area contributed by atoms with Crippen LogP contribution in [0.15, 0.2) is 12.1 Å². The summed E-state index contributed by atoms with van der Waals surface area (Å²) in [5.74, 6) is 1.09. The minimum Gasteiger partial charge on any atom is -0.357 e. The van der Waals surface area contributed by atoms with Crippen LogP contribution in [0, 0.1) is 6.92 Å². The zero-order valence-corrected chi connectivity index (χ0v) is 11.7. The van der Waals surface area contributed by atoms with Crippen molar-refractivity contribution in [1.29, 1.82) is 0 Å². The molecule has 18 heavy (non-hydrogen) atoms. The molecule has 3 nitrogen and oxygen atoms in total. The van der Waals surface area contributed by atoms with Crippen molar-refractivity contribution in [2.75, 3.05) is 11.9 Å². The third-order valence-electron chi connectivity index (χ3n) is 3.97. The molecule has 0 radical (unpaired) electrons. The summed E-state index contributed by atoms with van der Waals surface area (Å²) in [7, 11) is 2.18. The van der Waals surface area contributed by atoms with E-state index < -0.39 is 0 Å². The van der Waals surface area contributed by atoms with Gasteiger partial charge in [-0.1, -0.05) is 25.7 Å². The standard InChI is InChI=1S/C15H25N3/c1-12-9-13(11-16)10-15(17-12)18(2)14-7-5-3-4-6-8-14/h9-10,14H,3-8,11,16H2,1-2H3. The first kappa shape index (κ1) is 13.3. The summed E-state index contributed by atoms with van der Waals surface area (Å²) in [6.07, 6.45) is 8.07. The van der Waals surface area contributed by atoms with Crippen LogP contribution in [-0.2, 0) is 6.54 Å². The Bertz CT molecular complexity index is 381. The zero-order valence-electron chi connectivity index (χ0n) is 11.7. The van der Waals surface area contributed by atoms with Crippen molar-refractivity contribution in [3.63, 3.8) is 0 Å². The molecule has 1 saturated carbocycles. The highest BCUT2D eigenvalue weighted by Crippen LogP contribution is 2.25. The topological polar surface area (TPSA) is 42.1 Å². The Kier molecular flexibility index (Phi) is 4.59. The molecular weight excluding hydrogens is 222 g/mol.